The van der Waals surface area contributed by atoms with Gasteiger partial charge in [-0.15, -0.1) is 0 Å². The van der Waals surface area contributed by atoms with Crippen molar-refractivity contribution in [2.75, 3.05) is 31.5 Å². The van der Waals surface area contributed by atoms with Gasteiger partial charge >= 0.3 is 0 Å². The molecular formula is C31H36N4O2. The molecule has 192 valence electrons. The summed E-state index contributed by atoms with van der Waals surface area (Å²) < 4.78 is 0. The Kier molecular flexibility index (Phi) is 8.86. The van der Waals surface area contributed by atoms with Crippen molar-refractivity contribution in [3.63, 3.8) is 0 Å². The normalized spacial score (nSPS) is 13.8. The smallest absolute Gasteiger partial charge is 0.253 e. The minimum Gasteiger partial charge on any atom is -0.339 e. The molecule has 4 rings (SSSR count). The highest BCUT2D eigenvalue weighted by atomic mass is 16.2. The van der Waals surface area contributed by atoms with Crippen LogP contribution in [0.5, 0.6) is 0 Å². The third kappa shape index (κ3) is 6.71. The van der Waals surface area contributed by atoms with Crippen LogP contribution in [0.4, 0.5) is 5.69 Å². The Morgan fingerprint density at radius 3 is 2.24 bits per heavy atom. The molecule has 2 aromatic carbocycles. The van der Waals surface area contributed by atoms with Gasteiger partial charge in [0, 0.05) is 63.3 Å². The topological polar surface area (TPSA) is 65.5 Å². The van der Waals surface area contributed by atoms with E-state index >= 15 is 0 Å². The van der Waals surface area contributed by atoms with Crippen molar-refractivity contribution < 1.29 is 9.59 Å². The Morgan fingerprint density at radius 1 is 0.919 bits per heavy atom. The van der Waals surface area contributed by atoms with Crippen molar-refractivity contribution in [3.8, 4) is 0 Å². The summed E-state index contributed by atoms with van der Waals surface area (Å²) in [7, 11) is 0. The number of aromatic nitrogens is 1. The second kappa shape index (κ2) is 12.5. The number of pyridine rings is 1. The minimum absolute atomic E-state index is 0.0575. The summed E-state index contributed by atoms with van der Waals surface area (Å²) in [5, 5.41) is 2.91. The van der Waals surface area contributed by atoms with Gasteiger partial charge in [-0.05, 0) is 79.3 Å². The van der Waals surface area contributed by atoms with E-state index in [2.05, 4.69) is 39.5 Å². The predicted octanol–water partition coefficient (Wildman–Crippen LogP) is 5.62. The van der Waals surface area contributed by atoms with E-state index in [4.69, 9.17) is 0 Å². The Bertz CT molecular complexity index is 1240. The number of hydrogen-bond acceptors (Lipinski definition) is 4. The fourth-order valence-electron chi connectivity index (χ4n) is 4.98. The summed E-state index contributed by atoms with van der Waals surface area (Å²) in [4.78, 5) is 33.1. The highest BCUT2D eigenvalue weighted by Crippen LogP contribution is 2.34. The molecule has 2 amide bonds. The van der Waals surface area contributed by atoms with Crippen LogP contribution in [0.25, 0.3) is 5.57 Å². The van der Waals surface area contributed by atoms with E-state index in [1.807, 2.05) is 67.5 Å². The summed E-state index contributed by atoms with van der Waals surface area (Å²) in [5.41, 5.74) is 7.46. The standard InChI is InChI=1S/C31H36N4O2/c1-4-35(5-2)31(37)27-13-11-25(12-14-27)30(28-9-6-10-29(20-28)33-23(3)36)26-15-18-34(19-16-26)22-24-8-7-17-32-21-24/h6-14,17,20-21H,4-5,15-16,18-19,22H2,1-3H3,(H,33,36). The van der Waals surface area contributed by atoms with Gasteiger partial charge in [-0.2, -0.15) is 0 Å². The van der Waals surface area contributed by atoms with Crippen LogP contribution in [0, 0.1) is 0 Å². The lowest BCUT2D eigenvalue weighted by Crippen LogP contribution is -2.30. The number of anilines is 1. The number of carbonyl (C=O) groups excluding carboxylic acids is 2. The SMILES string of the molecule is CCN(CC)C(=O)c1ccc(C(=C2CCN(Cc3cccnc3)CC2)c2cccc(NC(C)=O)c2)cc1. The molecule has 37 heavy (non-hydrogen) atoms. The summed E-state index contributed by atoms with van der Waals surface area (Å²) >= 11 is 0. The average molecular weight is 497 g/mol. The van der Waals surface area contributed by atoms with E-state index in [1.165, 1.54) is 23.6 Å². The average Bonchev–Trinajstić information content (AvgIpc) is 2.91. The number of piperidine rings is 1. The van der Waals surface area contributed by atoms with Crippen molar-refractivity contribution in [3.05, 3.63) is 101 Å². The number of rotatable bonds is 8. The fraction of sp³-hybridized carbons (Fsp3) is 0.323. The van der Waals surface area contributed by atoms with Crippen LogP contribution in [0.1, 0.15) is 60.7 Å². The largest absolute Gasteiger partial charge is 0.339 e. The highest BCUT2D eigenvalue weighted by Gasteiger charge is 2.20. The molecule has 3 aromatic rings. The first-order valence-electron chi connectivity index (χ1n) is 13.1. The number of nitrogens with one attached hydrogen (secondary N) is 1. The van der Waals surface area contributed by atoms with E-state index < -0.39 is 0 Å². The monoisotopic (exact) mass is 496 g/mol. The molecule has 0 radical (unpaired) electrons. The Morgan fingerprint density at radius 2 is 1.62 bits per heavy atom. The van der Waals surface area contributed by atoms with Crippen molar-refractivity contribution in [2.24, 2.45) is 0 Å². The third-order valence-corrected chi connectivity index (χ3v) is 6.88. The number of nitrogens with zero attached hydrogens (tertiary/aromatic N) is 3. The molecule has 1 aliphatic heterocycles. The van der Waals surface area contributed by atoms with E-state index in [0.717, 1.165) is 49.3 Å². The maximum absolute atomic E-state index is 12.9. The van der Waals surface area contributed by atoms with Crippen LogP contribution in [-0.4, -0.2) is 52.8 Å². The van der Waals surface area contributed by atoms with Crippen molar-refractivity contribution >= 4 is 23.1 Å². The second-order valence-electron chi connectivity index (χ2n) is 9.43. The zero-order chi connectivity index (χ0) is 26.2. The first kappa shape index (κ1) is 26.3. The number of likely N-dealkylation sites (tertiary alicyclic amines) is 1. The van der Waals surface area contributed by atoms with Crippen molar-refractivity contribution in [1.82, 2.24) is 14.8 Å². The van der Waals surface area contributed by atoms with Crippen molar-refractivity contribution in [2.45, 2.75) is 40.2 Å². The molecule has 1 saturated heterocycles. The lowest BCUT2D eigenvalue weighted by Gasteiger charge is -2.30. The van der Waals surface area contributed by atoms with Gasteiger partial charge in [-0.1, -0.05) is 35.9 Å². The number of carbonyl (C=O) groups is 2. The molecule has 1 aliphatic rings. The lowest BCUT2D eigenvalue weighted by molar-refractivity contribution is -0.114. The van der Waals surface area contributed by atoms with Gasteiger partial charge in [0.15, 0.2) is 0 Å². The van der Waals surface area contributed by atoms with E-state index in [0.29, 0.717) is 18.7 Å². The van der Waals surface area contributed by atoms with Crippen molar-refractivity contribution in [1.29, 1.82) is 0 Å². The molecule has 0 bridgehead atoms. The summed E-state index contributed by atoms with van der Waals surface area (Å²) in [5.74, 6) is -0.0311. The molecule has 6 heteroatoms. The lowest BCUT2D eigenvalue weighted by atomic mass is 9.87. The molecule has 0 saturated carbocycles. The van der Waals surface area contributed by atoms with Gasteiger partial charge in [-0.3, -0.25) is 19.5 Å². The van der Waals surface area contributed by atoms with Gasteiger partial charge in [0.1, 0.15) is 0 Å². The number of amides is 2. The number of hydrogen-bond donors (Lipinski definition) is 1. The van der Waals surface area contributed by atoms with Crippen LogP contribution in [0.2, 0.25) is 0 Å². The van der Waals surface area contributed by atoms with Crippen LogP contribution in [0.3, 0.4) is 0 Å². The molecule has 1 aromatic heterocycles. The predicted molar refractivity (Wildman–Crippen MR) is 149 cm³/mol. The highest BCUT2D eigenvalue weighted by molar-refractivity contribution is 5.95. The molecule has 0 spiro atoms. The minimum atomic E-state index is -0.0886. The molecule has 0 aliphatic carbocycles. The maximum Gasteiger partial charge on any atom is 0.253 e. The molecule has 2 heterocycles. The summed E-state index contributed by atoms with van der Waals surface area (Å²) in [6.07, 6.45) is 5.66. The summed E-state index contributed by atoms with van der Waals surface area (Å²) in [6.45, 7) is 9.75. The van der Waals surface area contributed by atoms with Crippen LogP contribution in [-0.2, 0) is 11.3 Å². The molecule has 1 fully saturated rings. The molecule has 1 N–H and O–H groups in total. The maximum atomic E-state index is 12.9. The van der Waals surface area contributed by atoms with Gasteiger partial charge in [0.25, 0.3) is 5.91 Å². The Labute approximate surface area is 220 Å². The Hall–Kier alpha value is -3.77. The van der Waals surface area contributed by atoms with Gasteiger partial charge in [-0.25, -0.2) is 0 Å². The van der Waals surface area contributed by atoms with Gasteiger partial charge < -0.3 is 10.2 Å². The summed E-state index contributed by atoms with van der Waals surface area (Å²) in [6, 6.07) is 20.1. The second-order valence-corrected chi connectivity index (χ2v) is 9.43. The number of benzene rings is 2. The Balaban J connectivity index is 1.64. The molecule has 6 nitrogen and oxygen atoms in total. The zero-order valence-electron chi connectivity index (χ0n) is 22.0. The van der Waals surface area contributed by atoms with Crippen LogP contribution < -0.4 is 5.32 Å². The quantitative estimate of drug-likeness (QED) is 0.440. The van der Waals surface area contributed by atoms with Gasteiger partial charge in [0.2, 0.25) is 5.91 Å². The first-order valence-corrected chi connectivity index (χ1v) is 13.1. The van der Waals surface area contributed by atoms with Gasteiger partial charge in [0.05, 0.1) is 0 Å². The van der Waals surface area contributed by atoms with E-state index in [9.17, 15) is 9.59 Å². The molecular weight excluding hydrogens is 460 g/mol. The van der Waals surface area contributed by atoms with Crippen LogP contribution in [0.15, 0.2) is 78.6 Å². The first-order chi connectivity index (χ1) is 18.0. The molecule has 0 atom stereocenters. The third-order valence-electron chi connectivity index (χ3n) is 6.88. The van der Waals surface area contributed by atoms with E-state index in [-0.39, 0.29) is 11.8 Å². The molecule has 0 unspecified atom stereocenters. The van der Waals surface area contributed by atoms with Crippen LogP contribution >= 0.6 is 0 Å². The fourth-order valence-corrected chi connectivity index (χ4v) is 4.98. The van der Waals surface area contributed by atoms with E-state index in [1.54, 1.807) is 0 Å². The zero-order valence-corrected chi connectivity index (χ0v) is 22.0.